The van der Waals surface area contributed by atoms with Crippen molar-refractivity contribution in [3.8, 4) is 0 Å². The molecule has 3 fully saturated rings. The summed E-state index contributed by atoms with van der Waals surface area (Å²) < 4.78 is 0. The third-order valence-corrected chi connectivity index (χ3v) is 8.70. The van der Waals surface area contributed by atoms with E-state index in [2.05, 4.69) is 21.8 Å². The van der Waals surface area contributed by atoms with E-state index in [9.17, 15) is 9.59 Å². The molecule has 2 amide bonds. The zero-order chi connectivity index (χ0) is 28.9. The van der Waals surface area contributed by atoms with Crippen LogP contribution in [0.5, 0.6) is 0 Å². The van der Waals surface area contributed by atoms with E-state index >= 15 is 0 Å². The number of nitrogens with zero attached hydrogens (tertiary/aromatic N) is 6. The van der Waals surface area contributed by atoms with Crippen molar-refractivity contribution >= 4 is 29.2 Å². The van der Waals surface area contributed by atoms with E-state index in [4.69, 9.17) is 10.7 Å². The van der Waals surface area contributed by atoms with E-state index in [1.807, 2.05) is 34.2 Å². The predicted molar refractivity (Wildman–Crippen MR) is 163 cm³/mol. The van der Waals surface area contributed by atoms with E-state index in [1.165, 1.54) is 25.5 Å². The highest BCUT2D eigenvalue weighted by molar-refractivity contribution is 6.12. The Morgan fingerprint density at radius 2 is 1.73 bits per heavy atom. The van der Waals surface area contributed by atoms with Gasteiger partial charge < -0.3 is 30.7 Å². The lowest BCUT2D eigenvalue weighted by molar-refractivity contribution is -0.136. The van der Waals surface area contributed by atoms with Gasteiger partial charge in [0.2, 0.25) is 5.91 Å². The van der Waals surface area contributed by atoms with Crippen LogP contribution in [-0.2, 0) is 9.59 Å². The molecule has 4 aliphatic rings. The summed E-state index contributed by atoms with van der Waals surface area (Å²) in [4.78, 5) is 43.3. The van der Waals surface area contributed by atoms with Crippen LogP contribution in [0.1, 0.15) is 57.8 Å². The number of hydrogen-bond donors (Lipinski definition) is 2. The Labute approximate surface area is 243 Å². The summed E-state index contributed by atoms with van der Waals surface area (Å²) >= 11 is 0. The van der Waals surface area contributed by atoms with Crippen molar-refractivity contribution in [1.29, 1.82) is 0 Å². The van der Waals surface area contributed by atoms with Crippen LogP contribution >= 0.6 is 0 Å². The zero-order valence-corrected chi connectivity index (χ0v) is 24.5. The number of amides is 2. The molecule has 0 aromatic carbocycles. The number of nitrogens with two attached hydrogens (primary N) is 1. The summed E-state index contributed by atoms with van der Waals surface area (Å²) in [6.45, 7) is 7.24. The number of rotatable bonds is 7. The van der Waals surface area contributed by atoms with Crippen molar-refractivity contribution in [2.24, 2.45) is 16.6 Å². The number of anilines is 2. The minimum absolute atomic E-state index is 0.0727. The first kappa shape index (κ1) is 28.7. The SMILES string of the molecule is C=C(/N=C1\C(=C/N)C=C(C(=O)N(C)C)N1C1CCCC1)Nc1ccc(N2CCN(C(=O)C3CCCCC3)CC2)cn1. The van der Waals surface area contributed by atoms with E-state index in [-0.39, 0.29) is 17.9 Å². The number of amidine groups is 1. The quantitative estimate of drug-likeness (QED) is 0.524. The molecule has 220 valence electrons. The molecule has 10 heteroatoms. The number of aromatic nitrogens is 1. The van der Waals surface area contributed by atoms with Gasteiger partial charge in [0.1, 0.15) is 23.2 Å². The lowest BCUT2D eigenvalue weighted by atomic mass is 9.88. The number of nitrogens with one attached hydrogen (secondary N) is 1. The van der Waals surface area contributed by atoms with Gasteiger partial charge in [0.15, 0.2) is 0 Å². The zero-order valence-electron chi connectivity index (χ0n) is 24.5. The number of aliphatic imine (C=N–C) groups is 1. The summed E-state index contributed by atoms with van der Waals surface area (Å²) in [7, 11) is 3.51. The topological polar surface area (TPSA) is 110 Å². The molecule has 2 aliphatic heterocycles. The molecular weight excluding hydrogens is 516 g/mol. The van der Waals surface area contributed by atoms with Crippen LogP contribution in [0.2, 0.25) is 0 Å². The fourth-order valence-corrected chi connectivity index (χ4v) is 6.45. The normalized spacial score (nSPS) is 22.4. The molecule has 1 aromatic heterocycles. The van der Waals surface area contributed by atoms with Crippen molar-refractivity contribution < 1.29 is 9.59 Å². The van der Waals surface area contributed by atoms with Gasteiger partial charge >= 0.3 is 0 Å². The molecule has 0 bridgehead atoms. The van der Waals surface area contributed by atoms with Gasteiger partial charge in [0.25, 0.3) is 5.91 Å². The molecule has 5 rings (SSSR count). The Morgan fingerprint density at radius 3 is 2.34 bits per heavy atom. The maximum atomic E-state index is 13.0. The van der Waals surface area contributed by atoms with E-state index in [0.29, 0.717) is 34.7 Å². The first-order valence-corrected chi connectivity index (χ1v) is 15.0. The number of likely N-dealkylation sites (N-methyl/N-ethyl adjacent to an activating group) is 1. The lowest BCUT2D eigenvalue weighted by Crippen LogP contribution is -2.50. The molecule has 41 heavy (non-hydrogen) atoms. The summed E-state index contributed by atoms with van der Waals surface area (Å²) in [6, 6.07) is 4.16. The molecule has 0 spiro atoms. The predicted octanol–water partition coefficient (Wildman–Crippen LogP) is 3.67. The van der Waals surface area contributed by atoms with Crippen molar-refractivity contribution in [3.63, 3.8) is 0 Å². The van der Waals surface area contributed by atoms with Crippen LogP contribution in [0.15, 0.2) is 59.3 Å². The Balaban J connectivity index is 1.21. The minimum Gasteiger partial charge on any atom is -0.404 e. The summed E-state index contributed by atoms with van der Waals surface area (Å²) in [5, 5.41) is 3.20. The molecule has 2 aliphatic carbocycles. The first-order valence-electron chi connectivity index (χ1n) is 15.0. The summed E-state index contributed by atoms with van der Waals surface area (Å²) in [6.07, 6.45) is 15.1. The number of carbonyl (C=O) groups excluding carboxylic acids is 2. The second-order valence-electron chi connectivity index (χ2n) is 11.7. The Hall–Kier alpha value is -3.82. The Bertz CT molecular complexity index is 1220. The van der Waals surface area contributed by atoms with Gasteiger partial charge in [-0.25, -0.2) is 9.98 Å². The molecule has 1 saturated heterocycles. The average molecular weight is 561 g/mol. The van der Waals surface area contributed by atoms with Crippen molar-refractivity contribution in [2.75, 3.05) is 50.5 Å². The van der Waals surface area contributed by atoms with Crippen LogP contribution in [0.4, 0.5) is 11.5 Å². The second kappa shape index (κ2) is 12.8. The molecule has 0 atom stereocenters. The lowest BCUT2D eigenvalue weighted by Gasteiger charge is -2.38. The standard InChI is InChI=1S/C31H44N8O2/c1-22(35-29-24(20-32)19-27(31(41)36(2)3)39(29)25-11-7-8-12-25)34-28-14-13-26(21-33-28)37-15-17-38(18-16-37)30(40)23-9-5-4-6-10-23/h13-14,19-21,23,25H,1,4-12,15-18,32H2,2-3H3,(H,33,34)/b24-20-,35-29+. The highest BCUT2D eigenvalue weighted by Crippen LogP contribution is 2.34. The van der Waals surface area contributed by atoms with Gasteiger partial charge in [-0.1, -0.05) is 38.7 Å². The van der Waals surface area contributed by atoms with Crippen molar-refractivity contribution in [2.45, 2.75) is 63.8 Å². The van der Waals surface area contributed by atoms with Gasteiger partial charge in [-0.15, -0.1) is 0 Å². The fourth-order valence-electron chi connectivity index (χ4n) is 6.45. The maximum Gasteiger partial charge on any atom is 0.270 e. The summed E-state index contributed by atoms with van der Waals surface area (Å²) in [5.74, 6) is 2.19. The molecule has 10 nitrogen and oxygen atoms in total. The van der Waals surface area contributed by atoms with Gasteiger partial charge in [-0.2, -0.15) is 0 Å². The Morgan fingerprint density at radius 1 is 1.05 bits per heavy atom. The number of hydrogen-bond acceptors (Lipinski definition) is 7. The monoisotopic (exact) mass is 560 g/mol. The van der Waals surface area contributed by atoms with Gasteiger partial charge in [0, 0.05) is 64.0 Å². The molecule has 2 saturated carbocycles. The highest BCUT2D eigenvalue weighted by atomic mass is 16.2. The number of piperazine rings is 1. The van der Waals surface area contributed by atoms with Crippen LogP contribution in [-0.4, -0.2) is 83.6 Å². The fraction of sp³-hybridized carbons (Fsp3) is 0.548. The van der Waals surface area contributed by atoms with Crippen molar-refractivity contribution in [1.82, 2.24) is 19.7 Å². The van der Waals surface area contributed by atoms with E-state index in [1.54, 1.807) is 19.0 Å². The van der Waals surface area contributed by atoms with Gasteiger partial charge in [0.05, 0.1) is 11.9 Å². The largest absolute Gasteiger partial charge is 0.404 e. The van der Waals surface area contributed by atoms with Crippen LogP contribution in [0.25, 0.3) is 0 Å². The highest BCUT2D eigenvalue weighted by Gasteiger charge is 2.37. The van der Waals surface area contributed by atoms with Crippen LogP contribution < -0.4 is 16.0 Å². The van der Waals surface area contributed by atoms with Gasteiger partial charge in [-0.05, 0) is 43.9 Å². The molecule has 3 N–H and O–H groups in total. The molecule has 0 unspecified atom stereocenters. The molecule has 0 radical (unpaired) electrons. The van der Waals surface area contributed by atoms with Crippen LogP contribution in [0, 0.1) is 5.92 Å². The Kier molecular flexibility index (Phi) is 8.95. The third-order valence-electron chi connectivity index (χ3n) is 8.70. The summed E-state index contributed by atoms with van der Waals surface area (Å²) in [5.41, 5.74) is 8.30. The number of carbonyl (C=O) groups is 2. The smallest absolute Gasteiger partial charge is 0.270 e. The van der Waals surface area contributed by atoms with Crippen molar-refractivity contribution in [3.05, 3.63) is 54.3 Å². The van der Waals surface area contributed by atoms with Crippen LogP contribution in [0.3, 0.4) is 0 Å². The van der Waals surface area contributed by atoms with E-state index in [0.717, 1.165) is 70.4 Å². The molecule has 1 aromatic rings. The third kappa shape index (κ3) is 6.41. The number of pyridine rings is 1. The molecular formula is C31H44N8O2. The second-order valence-corrected chi connectivity index (χ2v) is 11.7. The molecule has 3 heterocycles. The van der Waals surface area contributed by atoms with Gasteiger partial charge in [-0.3, -0.25) is 9.59 Å². The average Bonchev–Trinajstić information content (AvgIpc) is 3.65. The maximum absolute atomic E-state index is 13.0. The first-order chi connectivity index (χ1) is 19.9. The van der Waals surface area contributed by atoms with E-state index < -0.39 is 0 Å². The minimum atomic E-state index is -0.0727.